The molecule has 0 bridgehead atoms. The van der Waals surface area contributed by atoms with E-state index in [1.54, 1.807) is 34.9 Å². The Morgan fingerprint density at radius 3 is 2.69 bits per heavy atom. The number of rotatable bonds is 10. The molecule has 4 atom stereocenters. The maximum Gasteiger partial charge on any atom is 0.269 e. The molecule has 0 radical (unpaired) electrons. The number of carbonyl (C=O) groups excluding carboxylic acids is 2. The van der Waals surface area contributed by atoms with Crippen LogP contribution in [0.1, 0.15) is 62.3 Å². The van der Waals surface area contributed by atoms with Gasteiger partial charge in [-0.3, -0.25) is 24.4 Å². The van der Waals surface area contributed by atoms with Gasteiger partial charge in [0.2, 0.25) is 14.3 Å². The number of non-ortho nitro benzene ring substituents is 1. The van der Waals surface area contributed by atoms with Crippen LogP contribution in [0.25, 0.3) is 0 Å². The fourth-order valence-corrected chi connectivity index (χ4v) is 10.5. The molecule has 0 aliphatic carbocycles. The van der Waals surface area contributed by atoms with E-state index in [1.807, 2.05) is 36.1 Å². The Balaban J connectivity index is 1.35. The van der Waals surface area contributed by atoms with Crippen LogP contribution in [0, 0.1) is 16.0 Å². The summed E-state index contributed by atoms with van der Waals surface area (Å²) in [7, 11) is -3.46. The highest BCUT2D eigenvalue weighted by atomic mass is 28.4. The van der Waals surface area contributed by atoms with Gasteiger partial charge < -0.3 is 23.8 Å². The molecule has 3 aliphatic rings. The Bertz CT molecular complexity index is 1700. The van der Waals surface area contributed by atoms with E-state index in [9.17, 15) is 24.8 Å². The van der Waals surface area contributed by atoms with Gasteiger partial charge in [-0.05, 0) is 56.1 Å². The summed E-state index contributed by atoms with van der Waals surface area (Å²) in [6.07, 6.45) is 6.18. The zero-order chi connectivity index (χ0) is 34.2. The Kier molecular flexibility index (Phi) is 9.51. The highest BCUT2D eigenvalue weighted by molar-refractivity contribution is 6.72. The van der Waals surface area contributed by atoms with E-state index in [4.69, 9.17) is 4.74 Å². The van der Waals surface area contributed by atoms with Crippen LogP contribution >= 0.6 is 0 Å². The molecule has 1 aromatic heterocycles. The van der Waals surface area contributed by atoms with Gasteiger partial charge in [-0.15, -0.1) is 5.10 Å². The lowest BCUT2D eigenvalue weighted by Crippen LogP contribution is -2.45. The van der Waals surface area contributed by atoms with Gasteiger partial charge >= 0.3 is 0 Å². The number of ether oxygens (including phenoxy) is 1. The van der Waals surface area contributed by atoms with E-state index in [0.29, 0.717) is 49.3 Å². The fourth-order valence-electron chi connectivity index (χ4n) is 7.95. The number of benzene rings is 2. The van der Waals surface area contributed by atoms with Crippen molar-refractivity contribution in [3.05, 3.63) is 75.6 Å². The van der Waals surface area contributed by atoms with Crippen LogP contribution < -0.4 is 9.80 Å². The maximum absolute atomic E-state index is 16.3. The number of hydrogen-bond donors (Lipinski definition) is 1. The minimum Gasteiger partial charge on any atom is -0.396 e. The summed E-state index contributed by atoms with van der Waals surface area (Å²) in [4.78, 5) is 42.6. The van der Waals surface area contributed by atoms with Crippen LogP contribution in [0.4, 0.5) is 21.2 Å². The number of nitro groups is 1. The van der Waals surface area contributed by atoms with E-state index in [-0.39, 0.29) is 30.7 Å². The van der Waals surface area contributed by atoms with Crippen molar-refractivity contribution in [2.45, 2.75) is 95.3 Å². The quantitative estimate of drug-likeness (QED) is 0.129. The summed E-state index contributed by atoms with van der Waals surface area (Å²) in [6.45, 7) is 6.13. The van der Waals surface area contributed by atoms with E-state index >= 15 is 4.11 Å². The molecule has 48 heavy (non-hydrogen) atoms. The molecular formula is C34H43FN6O6Si. The van der Waals surface area contributed by atoms with Crippen molar-refractivity contribution in [2.75, 3.05) is 23.0 Å². The maximum atomic E-state index is 16.3. The number of nitrogens with zero attached hydrogens (tertiary/aromatic N) is 6. The number of aromatic nitrogens is 3. The molecule has 2 fully saturated rings. The molecule has 3 aromatic rings. The zero-order valence-electron chi connectivity index (χ0n) is 27.7. The third-order valence-electron chi connectivity index (χ3n) is 10.1. The predicted octanol–water partition coefficient (Wildman–Crippen LogP) is 5.43. The van der Waals surface area contributed by atoms with Gasteiger partial charge in [-0.1, -0.05) is 37.1 Å². The van der Waals surface area contributed by atoms with Crippen LogP contribution in [-0.4, -0.2) is 64.5 Å². The average molecular weight is 679 g/mol. The summed E-state index contributed by atoms with van der Waals surface area (Å²) >= 11 is 0. The third-order valence-corrected chi connectivity index (χ3v) is 12.6. The van der Waals surface area contributed by atoms with Crippen molar-refractivity contribution in [1.82, 2.24) is 15.0 Å². The monoisotopic (exact) mass is 678 g/mol. The second-order valence-electron chi connectivity index (χ2n) is 13.7. The highest BCUT2D eigenvalue weighted by Crippen LogP contribution is 2.60. The molecule has 1 spiro atoms. The molecular weight excluding hydrogens is 635 g/mol. The van der Waals surface area contributed by atoms with Crippen LogP contribution in [0.15, 0.2) is 48.7 Å². The van der Waals surface area contributed by atoms with Gasteiger partial charge in [-0.25, -0.2) is 0 Å². The van der Waals surface area contributed by atoms with Gasteiger partial charge in [0.25, 0.3) is 11.6 Å². The van der Waals surface area contributed by atoms with Crippen LogP contribution in [0.2, 0.25) is 18.6 Å². The molecule has 0 saturated carbocycles. The predicted molar refractivity (Wildman–Crippen MR) is 180 cm³/mol. The number of halogens is 1. The highest BCUT2D eigenvalue weighted by Gasteiger charge is 2.66. The smallest absolute Gasteiger partial charge is 0.269 e. The number of fused-ring (bicyclic) bond motifs is 2. The summed E-state index contributed by atoms with van der Waals surface area (Å²) in [6, 6.07) is 12.0. The molecule has 12 nitrogen and oxygen atoms in total. The lowest BCUT2D eigenvalue weighted by atomic mass is 9.82. The van der Waals surface area contributed by atoms with Crippen molar-refractivity contribution in [2.24, 2.45) is 5.92 Å². The van der Waals surface area contributed by atoms with Crippen LogP contribution in [0.5, 0.6) is 0 Å². The van der Waals surface area contributed by atoms with Crippen LogP contribution in [-0.2, 0) is 39.4 Å². The number of anilines is 2. The molecule has 6 rings (SSSR count). The summed E-state index contributed by atoms with van der Waals surface area (Å²) < 4.78 is 24.6. The average Bonchev–Trinajstić information content (AvgIpc) is 3.68. The summed E-state index contributed by atoms with van der Waals surface area (Å²) in [5.74, 6) is -0.910. The van der Waals surface area contributed by atoms with Gasteiger partial charge in [-0.2, -0.15) is 0 Å². The number of aliphatic hydroxyl groups is 1. The minimum atomic E-state index is -3.46. The lowest BCUT2D eigenvalue weighted by Gasteiger charge is -2.31. The SMILES string of the molecule is C[C@@H]1[C@@H]([Si](C)(C)F)[C@H](CCn2cc(CCO)nn2)O[C@@]12C(=O)N(Cc1cccc(N3CCCCCCC3=O)c1)c1ccc([N+](=O)[O-])cc12. The molecule has 2 amide bonds. The summed E-state index contributed by atoms with van der Waals surface area (Å²) in [5.41, 5.74) is 0.690. The largest absolute Gasteiger partial charge is 0.396 e. The Labute approximate surface area is 280 Å². The number of aliphatic hydroxyl groups excluding tert-OH is 1. The van der Waals surface area contributed by atoms with E-state index in [1.165, 1.54) is 12.1 Å². The van der Waals surface area contributed by atoms with Crippen molar-refractivity contribution in [1.29, 1.82) is 0 Å². The van der Waals surface area contributed by atoms with Gasteiger partial charge in [0.1, 0.15) is 0 Å². The second kappa shape index (κ2) is 13.5. The first-order valence-corrected chi connectivity index (χ1v) is 19.8. The first-order valence-electron chi connectivity index (χ1n) is 16.8. The van der Waals surface area contributed by atoms with Crippen molar-refractivity contribution in [3.8, 4) is 0 Å². The van der Waals surface area contributed by atoms with Gasteiger partial charge in [0.15, 0.2) is 5.60 Å². The lowest BCUT2D eigenvalue weighted by molar-refractivity contribution is -0.385. The molecule has 14 heteroatoms. The minimum absolute atomic E-state index is 0.0565. The van der Waals surface area contributed by atoms with E-state index < -0.39 is 36.5 Å². The van der Waals surface area contributed by atoms with E-state index in [0.717, 1.165) is 36.9 Å². The number of carbonyl (C=O) groups is 2. The van der Waals surface area contributed by atoms with Crippen molar-refractivity contribution >= 4 is 37.3 Å². The van der Waals surface area contributed by atoms with Crippen LogP contribution in [0.3, 0.4) is 0 Å². The van der Waals surface area contributed by atoms with Gasteiger partial charge in [0, 0.05) is 73.6 Å². The number of nitro benzene ring substituents is 1. The zero-order valence-corrected chi connectivity index (χ0v) is 28.7. The Morgan fingerprint density at radius 2 is 1.94 bits per heavy atom. The normalized spacial score (nSPS) is 24.6. The molecule has 3 aliphatic heterocycles. The molecule has 0 unspecified atom stereocenters. The molecule has 2 aromatic carbocycles. The van der Waals surface area contributed by atoms with Crippen molar-refractivity contribution in [3.63, 3.8) is 0 Å². The number of amides is 2. The molecule has 2 saturated heterocycles. The van der Waals surface area contributed by atoms with Gasteiger partial charge in [0.05, 0.1) is 29.0 Å². The molecule has 1 N–H and O–H groups in total. The first-order chi connectivity index (χ1) is 22.9. The standard InChI is InChI=1S/C34H43FN6O6Si/c1-23-32(48(2,3)35)30(14-17-38-22-25(15-18-42)36-37-38)47-34(23)28-20-27(41(45)46)12-13-29(28)40(33(34)44)21-24-9-8-10-26(19-24)39-16-7-5-4-6-11-31(39)43/h8-10,12-13,19-20,22-23,30,32,42H,4-7,11,14-18,21H2,1-3H3/t23-,30+,32-,34+/m1/s1. The Hall–Kier alpha value is -4.01. The molecule has 4 heterocycles. The fraction of sp³-hybridized carbons (Fsp3) is 0.529. The molecule has 256 valence electrons. The third kappa shape index (κ3) is 6.28. The van der Waals surface area contributed by atoms with Crippen molar-refractivity contribution < 1.29 is 28.5 Å². The Morgan fingerprint density at radius 1 is 1.15 bits per heavy atom. The van der Waals surface area contributed by atoms with E-state index in [2.05, 4.69) is 10.3 Å². The second-order valence-corrected chi connectivity index (χ2v) is 17.5. The number of aryl methyl sites for hydroxylation is 1. The number of hydrogen-bond acceptors (Lipinski definition) is 8. The summed E-state index contributed by atoms with van der Waals surface area (Å²) in [5, 5.41) is 29.4. The topological polar surface area (TPSA) is 144 Å². The first kappa shape index (κ1) is 33.9.